The van der Waals surface area contributed by atoms with Gasteiger partial charge in [-0.3, -0.25) is 0 Å². The van der Waals surface area contributed by atoms with Crippen molar-refractivity contribution in [3.63, 3.8) is 0 Å². The molecule has 1 aliphatic rings. The van der Waals surface area contributed by atoms with Crippen molar-refractivity contribution in [2.24, 2.45) is 0 Å². The van der Waals surface area contributed by atoms with Crippen molar-refractivity contribution in [1.82, 2.24) is 0 Å². The lowest BCUT2D eigenvalue weighted by Gasteiger charge is -2.29. The Balaban J connectivity index is 1.93. The first-order chi connectivity index (χ1) is 12.0. The average Bonchev–Trinajstić information content (AvgIpc) is 3.04. The maximum atomic E-state index is 10.0. The van der Waals surface area contributed by atoms with Crippen molar-refractivity contribution in [3.05, 3.63) is 59.2 Å². The van der Waals surface area contributed by atoms with Crippen LogP contribution < -0.4 is 4.90 Å². The van der Waals surface area contributed by atoms with Gasteiger partial charge in [-0.1, -0.05) is 75.2 Å². The minimum absolute atomic E-state index is 0.355. The molecule has 2 aromatic carbocycles. The van der Waals surface area contributed by atoms with Gasteiger partial charge in [0.05, 0.1) is 13.1 Å². The fourth-order valence-electron chi connectivity index (χ4n) is 3.44. The van der Waals surface area contributed by atoms with Gasteiger partial charge in [-0.15, -0.1) is 0 Å². The third-order valence-electron chi connectivity index (χ3n) is 4.82. The van der Waals surface area contributed by atoms with Crippen molar-refractivity contribution in [1.29, 1.82) is 0 Å². The van der Waals surface area contributed by atoms with E-state index >= 15 is 0 Å². The number of aromatic hydroxyl groups is 1. The second-order valence-corrected chi connectivity index (χ2v) is 7.40. The summed E-state index contributed by atoms with van der Waals surface area (Å²) in [4.78, 5) is 2.27. The largest absolute Gasteiger partial charge is 0.508 e. The zero-order chi connectivity index (χ0) is 18.0. The molecule has 0 atom stereocenters. The standard InChI is InChI=1S/C22H28N2O/c1-16(2)19-9-7-10-20(17(3)4)22(19)24-13-12-23(15-24)14-18-8-5-6-11-21(18)25/h5-11,16-17,25H,12-14H2,1-4H3. The van der Waals surface area contributed by atoms with Gasteiger partial charge in [0.2, 0.25) is 0 Å². The minimum atomic E-state index is 0.355. The van der Waals surface area contributed by atoms with Crippen LogP contribution in [0, 0.1) is 0 Å². The molecule has 0 saturated carbocycles. The highest BCUT2D eigenvalue weighted by Gasteiger charge is 2.20. The summed E-state index contributed by atoms with van der Waals surface area (Å²) in [5.41, 5.74) is 5.01. The summed E-state index contributed by atoms with van der Waals surface area (Å²) in [6.07, 6.45) is 3.53. The highest BCUT2D eigenvalue weighted by Crippen LogP contribution is 2.35. The molecule has 2 aromatic rings. The third-order valence-corrected chi connectivity index (χ3v) is 4.82. The van der Waals surface area contributed by atoms with Crippen LogP contribution in [0.25, 0.3) is 0 Å². The molecule has 1 heterocycles. The van der Waals surface area contributed by atoms with Crippen LogP contribution in [0.2, 0.25) is 0 Å². The predicted molar refractivity (Wildman–Crippen MR) is 104 cm³/mol. The molecule has 0 saturated heterocycles. The quantitative estimate of drug-likeness (QED) is 0.639. The van der Waals surface area contributed by atoms with E-state index in [2.05, 4.69) is 61.7 Å². The van der Waals surface area contributed by atoms with Gasteiger partial charge < -0.3 is 14.6 Å². The van der Waals surface area contributed by atoms with E-state index in [1.807, 2.05) is 18.2 Å². The normalized spacial score (nSPS) is 14.5. The molecule has 0 aliphatic carbocycles. The van der Waals surface area contributed by atoms with Crippen LogP contribution in [-0.4, -0.2) is 29.1 Å². The molecule has 3 heteroatoms. The number of benzene rings is 2. The third kappa shape index (κ3) is 3.71. The van der Waals surface area contributed by atoms with E-state index < -0.39 is 0 Å². The lowest BCUT2D eigenvalue weighted by atomic mass is 9.92. The first kappa shape index (κ1) is 17.5. The van der Waals surface area contributed by atoms with Crippen molar-refractivity contribution in [3.8, 4) is 5.75 Å². The van der Waals surface area contributed by atoms with E-state index in [0.29, 0.717) is 24.1 Å². The van der Waals surface area contributed by atoms with E-state index in [4.69, 9.17) is 0 Å². The van der Waals surface area contributed by atoms with Crippen LogP contribution in [0.3, 0.4) is 0 Å². The number of hydrogen-bond acceptors (Lipinski definition) is 2. The van der Waals surface area contributed by atoms with Gasteiger partial charge >= 0.3 is 0 Å². The summed E-state index contributed by atoms with van der Waals surface area (Å²) in [6.45, 7) is 11.5. The van der Waals surface area contributed by atoms with E-state index in [1.54, 1.807) is 6.07 Å². The average molecular weight is 336 g/mol. The summed E-state index contributed by atoms with van der Waals surface area (Å²) < 4.78 is 2.16. The van der Waals surface area contributed by atoms with Crippen LogP contribution in [0.15, 0.2) is 42.5 Å². The SMILES string of the molecule is CC(C)c1cccc(C(C)C)c1N1[C-]=[N+](Cc2ccccc2O)CC1. The summed E-state index contributed by atoms with van der Waals surface area (Å²) in [7, 11) is 0. The predicted octanol–water partition coefficient (Wildman–Crippen LogP) is 4.58. The fraction of sp³-hybridized carbons (Fsp3) is 0.409. The Morgan fingerprint density at radius 2 is 1.64 bits per heavy atom. The number of phenols is 1. The Morgan fingerprint density at radius 3 is 2.24 bits per heavy atom. The molecule has 0 aromatic heterocycles. The molecule has 0 bridgehead atoms. The Bertz CT molecular complexity index is 751. The Labute approximate surface area is 151 Å². The van der Waals surface area contributed by atoms with Gasteiger partial charge in [-0.2, -0.15) is 0 Å². The lowest BCUT2D eigenvalue weighted by molar-refractivity contribution is -0.530. The first-order valence-electron chi connectivity index (χ1n) is 9.15. The summed E-state index contributed by atoms with van der Waals surface area (Å²) in [6, 6.07) is 14.2. The van der Waals surface area contributed by atoms with Crippen LogP contribution in [0.1, 0.15) is 56.2 Å². The van der Waals surface area contributed by atoms with E-state index in [1.165, 1.54) is 16.8 Å². The highest BCUT2D eigenvalue weighted by molar-refractivity contribution is 5.81. The topological polar surface area (TPSA) is 26.5 Å². The van der Waals surface area contributed by atoms with Gasteiger partial charge in [0.15, 0.2) is 0 Å². The molecule has 25 heavy (non-hydrogen) atoms. The number of hydrogen-bond donors (Lipinski definition) is 1. The second-order valence-electron chi connectivity index (χ2n) is 7.40. The number of anilines is 1. The maximum absolute atomic E-state index is 10.0. The van der Waals surface area contributed by atoms with Crippen molar-refractivity contribution < 1.29 is 9.68 Å². The Morgan fingerprint density at radius 1 is 1.00 bits per heavy atom. The molecule has 0 spiro atoms. The molecule has 1 aliphatic heterocycles. The maximum Gasteiger partial charge on any atom is 0.131 e. The molecular formula is C22H28N2O. The summed E-state index contributed by atoms with van der Waals surface area (Å²) in [5, 5.41) is 10.0. The highest BCUT2D eigenvalue weighted by atomic mass is 16.3. The number of nitrogens with zero attached hydrogens (tertiary/aromatic N) is 2. The smallest absolute Gasteiger partial charge is 0.131 e. The zero-order valence-corrected chi connectivity index (χ0v) is 15.7. The van der Waals surface area contributed by atoms with Gasteiger partial charge in [-0.25, -0.2) is 0 Å². The molecule has 1 N–H and O–H groups in total. The first-order valence-corrected chi connectivity index (χ1v) is 9.15. The fourth-order valence-corrected chi connectivity index (χ4v) is 3.44. The van der Waals surface area contributed by atoms with Crippen molar-refractivity contribution in [2.45, 2.75) is 46.1 Å². The molecule has 3 rings (SSSR count). The number of phenolic OH excluding ortho intramolecular Hbond substituents is 1. The molecular weight excluding hydrogens is 308 g/mol. The zero-order valence-electron chi connectivity index (χ0n) is 15.7. The van der Waals surface area contributed by atoms with Crippen molar-refractivity contribution in [2.75, 3.05) is 18.0 Å². The Kier molecular flexibility index (Phi) is 5.12. The molecule has 132 valence electrons. The Hall–Kier alpha value is -2.29. The lowest BCUT2D eigenvalue weighted by Crippen LogP contribution is -2.22. The second kappa shape index (κ2) is 7.30. The van der Waals surface area contributed by atoms with Crippen LogP contribution >= 0.6 is 0 Å². The van der Waals surface area contributed by atoms with Gasteiger partial charge in [0.25, 0.3) is 0 Å². The van der Waals surface area contributed by atoms with E-state index in [0.717, 1.165) is 18.7 Å². The molecule has 0 unspecified atom stereocenters. The van der Waals surface area contributed by atoms with Gasteiger partial charge in [-0.05, 0) is 23.6 Å². The van der Waals surface area contributed by atoms with Gasteiger partial charge in [0.1, 0.15) is 18.6 Å². The molecule has 0 radical (unpaired) electrons. The summed E-state index contributed by atoms with van der Waals surface area (Å²) >= 11 is 0. The van der Waals surface area contributed by atoms with Gasteiger partial charge in [0, 0.05) is 5.56 Å². The monoisotopic (exact) mass is 336 g/mol. The summed E-state index contributed by atoms with van der Waals surface area (Å²) in [5.74, 6) is 1.30. The molecule has 0 amide bonds. The van der Waals surface area contributed by atoms with Crippen LogP contribution in [0.4, 0.5) is 5.69 Å². The number of rotatable bonds is 5. The van der Waals surface area contributed by atoms with E-state index in [-0.39, 0.29) is 0 Å². The molecule has 3 nitrogen and oxygen atoms in total. The van der Waals surface area contributed by atoms with Crippen molar-refractivity contribution >= 4 is 12.0 Å². The molecule has 0 fully saturated rings. The van der Waals surface area contributed by atoms with E-state index in [9.17, 15) is 5.11 Å². The minimum Gasteiger partial charge on any atom is -0.508 e. The van der Waals surface area contributed by atoms with Crippen LogP contribution in [-0.2, 0) is 6.54 Å². The number of para-hydroxylation sites is 2. The van der Waals surface area contributed by atoms with Crippen LogP contribution in [0.5, 0.6) is 5.75 Å².